The lowest BCUT2D eigenvalue weighted by molar-refractivity contribution is 0.0331. The Morgan fingerprint density at radius 2 is 1.94 bits per heavy atom. The number of aryl methyl sites for hydroxylation is 1. The van der Waals surface area contributed by atoms with E-state index >= 15 is 0 Å². The number of nitrogens with one attached hydrogen (secondary N) is 1. The molecule has 0 saturated carbocycles. The van der Waals surface area contributed by atoms with Gasteiger partial charge in [-0.1, -0.05) is 13.0 Å². The topological polar surface area (TPSA) is 68.7 Å². The molecule has 0 spiro atoms. The van der Waals surface area contributed by atoms with E-state index in [9.17, 15) is 0 Å². The summed E-state index contributed by atoms with van der Waals surface area (Å²) in [5.74, 6) is 4.34. The van der Waals surface area contributed by atoms with Gasteiger partial charge in [0.2, 0.25) is 0 Å². The lowest BCUT2D eigenvalue weighted by atomic mass is 9.89. The molecule has 1 N–H and O–H groups in total. The summed E-state index contributed by atoms with van der Waals surface area (Å²) in [5.41, 5.74) is 2.70. The van der Waals surface area contributed by atoms with Crippen LogP contribution in [0.1, 0.15) is 35.2 Å². The highest BCUT2D eigenvalue weighted by molar-refractivity contribution is 7.19. The van der Waals surface area contributed by atoms with Crippen LogP contribution in [-0.4, -0.2) is 60.9 Å². The molecule has 34 heavy (non-hydrogen) atoms. The maximum absolute atomic E-state index is 5.76. The van der Waals surface area contributed by atoms with Gasteiger partial charge in [0.25, 0.3) is 0 Å². The minimum absolute atomic E-state index is 0.613. The number of hydrogen-bond acceptors (Lipinski definition) is 8. The number of thiophene rings is 1. The van der Waals surface area contributed by atoms with Crippen molar-refractivity contribution in [3.8, 4) is 11.5 Å². The Labute approximate surface area is 204 Å². The first-order valence-electron chi connectivity index (χ1n) is 12.5. The van der Waals surface area contributed by atoms with Gasteiger partial charge in [0.05, 0.1) is 25.1 Å². The predicted octanol–water partition coefficient (Wildman–Crippen LogP) is 4.07. The Morgan fingerprint density at radius 1 is 1.09 bits per heavy atom. The Kier molecular flexibility index (Phi) is 6.28. The fourth-order valence-corrected chi connectivity index (χ4v) is 6.51. The van der Waals surface area contributed by atoms with Crippen molar-refractivity contribution in [1.82, 2.24) is 14.9 Å². The van der Waals surface area contributed by atoms with Gasteiger partial charge in [0, 0.05) is 24.5 Å². The highest BCUT2D eigenvalue weighted by atomic mass is 32.1. The molecule has 0 radical (unpaired) electrons. The van der Waals surface area contributed by atoms with E-state index in [1.165, 1.54) is 27.8 Å². The number of fused-ring (bicyclic) bond motifs is 4. The minimum atomic E-state index is 0.613. The molecule has 0 unspecified atom stereocenters. The summed E-state index contributed by atoms with van der Waals surface area (Å²) < 4.78 is 16.9. The third-order valence-corrected chi connectivity index (χ3v) is 8.13. The van der Waals surface area contributed by atoms with Gasteiger partial charge in [-0.2, -0.15) is 0 Å². The van der Waals surface area contributed by atoms with Gasteiger partial charge in [0.15, 0.2) is 11.5 Å². The van der Waals surface area contributed by atoms with Crippen LogP contribution in [0.25, 0.3) is 10.2 Å². The van der Waals surface area contributed by atoms with Crippen molar-refractivity contribution in [3.05, 3.63) is 40.0 Å². The van der Waals surface area contributed by atoms with Crippen molar-refractivity contribution < 1.29 is 14.2 Å². The number of anilines is 1. The first-order valence-corrected chi connectivity index (χ1v) is 13.3. The van der Waals surface area contributed by atoms with Crippen LogP contribution in [0, 0.1) is 5.92 Å². The smallest absolute Gasteiger partial charge is 0.161 e. The fraction of sp³-hybridized carbons (Fsp3) is 0.538. The molecule has 1 aliphatic carbocycles. The molecule has 1 aromatic carbocycles. The highest BCUT2D eigenvalue weighted by Crippen LogP contribution is 2.40. The van der Waals surface area contributed by atoms with Crippen LogP contribution >= 0.6 is 11.3 Å². The standard InChI is InChI=1S/C26H32N4O3S/c1-17-2-4-19-22(14-17)34-26-24(19)25(28-23(29-26)16-30-8-10-31-11-9-30)27-7-6-18-3-5-20-21(15-18)33-13-12-32-20/h3,5,15,17H,2,4,6-14,16H2,1H3,(H,27,28,29)/t17-/m0/s1. The van der Waals surface area contributed by atoms with Gasteiger partial charge in [-0.3, -0.25) is 4.90 Å². The van der Waals surface area contributed by atoms with Crippen LogP contribution in [0.3, 0.4) is 0 Å². The minimum Gasteiger partial charge on any atom is -0.486 e. The normalized spacial score (nSPS) is 20.3. The fourth-order valence-electron chi connectivity index (χ4n) is 5.11. The molecule has 6 rings (SSSR count). The Bertz CT molecular complexity index is 1170. The molecule has 8 heteroatoms. The summed E-state index contributed by atoms with van der Waals surface area (Å²) in [4.78, 5) is 15.1. The first-order chi connectivity index (χ1) is 16.7. The molecule has 0 bridgehead atoms. The van der Waals surface area contributed by atoms with Crippen molar-refractivity contribution in [2.24, 2.45) is 5.92 Å². The molecule has 0 amide bonds. The molecule has 2 aromatic heterocycles. The second-order valence-corrected chi connectivity index (χ2v) is 10.6. The summed E-state index contributed by atoms with van der Waals surface area (Å²) in [7, 11) is 0. The monoisotopic (exact) mass is 480 g/mol. The molecule has 2 aliphatic heterocycles. The number of morpholine rings is 1. The summed E-state index contributed by atoms with van der Waals surface area (Å²) in [6.45, 7) is 8.62. The maximum Gasteiger partial charge on any atom is 0.161 e. The molecule has 7 nitrogen and oxygen atoms in total. The van der Waals surface area contributed by atoms with E-state index in [4.69, 9.17) is 24.2 Å². The average Bonchev–Trinajstić information content (AvgIpc) is 3.22. The number of ether oxygens (including phenoxy) is 3. The quantitative estimate of drug-likeness (QED) is 0.570. The molecule has 1 fully saturated rings. The van der Waals surface area contributed by atoms with E-state index in [2.05, 4.69) is 29.3 Å². The number of rotatable bonds is 6. The first kappa shape index (κ1) is 22.1. The van der Waals surface area contributed by atoms with E-state index in [-0.39, 0.29) is 0 Å². The van der Waals surface area contributed by atoms with E-state index in [0.717, 1.165) is 92.5 Å². The number of nitrogens with zero attached hydrogens (tertiary/aromatic N) is 3. The molecule has 1 atom stereocenters. The van der Waals surface area contributed by atoms with Crippen LogP contribution in [0.4, 0.5) is 5.82 Å². The maximum atomic E-state index is 5.76. The summed E-state index contributed by atoms with van der Waals surface area (Å²) in [5, 5.41) is 4.93. The van der Waals surface area contributed by atoms with Gasteiger partial charge in [-0.05, 0) is 54.9 Å². The number of benzene rings is 1. The van der Waals surface area contributed by atoms with Crippen LogP contribution < -0.4 is 14.8 Å². The molecule has 180 valence electrons. The Balaban J connectivity index is 1.25. The van der Waals surface area contributed by atoms with E-state index in [1.807, 2.05) is 17.4 Å². The average molecular weight is 481 g/mol. The van der Waals surface area contributed by atoms with Crippen LogP contribution in [0.2, 0.25) is 0 Å². The molecular weight excluding hydrogens is 448 g/mol. The van der Waals surface area contributed by atoms with Crippen molar-refractivity contribution in [3.63, 3.8) is 0 Å². The van der Waals surface area contributed by atoms with E-state index in [1.54, 1.807) is 0 Å². The van der Waals surface area contributed by atoms with E-state index in [0.29, 0.717) is 13.2 Å². The highest BCUT2D eigenvalue weighted by Gasteiger charge is 2.24. The second-order valence-electron chi connectivity index (χ2n) is 9.56. The number of aromatic nitrogens is 2. The van der Waals surface area contributed by atoms with Gasteiger partial charge in [-0.25, -0.2) is 9.97 Å². The van der Waals surface area contributed by atoms with Crippen LogP contribution in [-0.2, 0) is 30.5 Å². The zero-order chi connectivity index (χ0) is 22.9. The summed E-state index contributed by atoms with van der Waals surface area (Å²) in [6, 6.07) is 6.25. The third kappa shape index (κ3) is 4.59. The predicted molar refractivity (Wildman–Crippen MR) is 134 cm³/mol. The van der Waals surface area contributed by atoms with Crippen molar-refractivity contribution in [1.29, 1.82) is 0 Å². The van der Waals surface area contributed by atoms with Gasteiger partial charge < -0.3 is 19.5 Å². The van der Waals surface area contributed by atoms with Gasteiger partial charge >= 0.3 is 0 Å². The molecule has 4 heterocycles. The zero-order valence-electron chi connectivity index (χ0n) is 19.8. The van der Waals surface area contributed by atoms with Crippen LogP contribution in [0.5, 0.6) is 11.5 Å². The molecular formula is C26H32N4O3S. The third-order valence-electron chi connectivity index (χ3n) is 6.98. The van der Waals surface area contributed by atoms with Crippen LogP contribution in [0.15, 0.2) is 18.2 Å². The summed E-state index contributed by atoms with van der Waals surface area (Å²) >= 11 is 1.87. The Morgan fingerprint density at radius 3 is 2.82 bits per heavy atom. The number of hydrogen-bond donors (Lipinski definition) is 1. The Hall–Kier alpha value is -2.42. The lowest BCUT2D eigenvalue weighted by Gasteiger charge is -2.26. The van der Waals surface area contributed by atoms with Crippen molar-refractivity contribution >= 4 is 27.4 Å². The van der Waals surface area contributed by atoms with E-state index < -0.39 is 0 Å². The molecule has 3 aliphatic rings. The second kappa shape index (κ2) is 9.68. The summed E-state index contributed by atoms with van der Waals surface area (Å²) in [6.07, 6.45) is 4.42. The van der Waals surface area contributed by atoms with Crippen molar-refractivity contribution in [2.75, 3.05) is 51.4 Å². The lowest BCUT2D eigenvalue weighted by Crippen LogP contribution is -2.36. The molecule has 1 saturated heterocycles. The molecule has 3 aromatic rings. The SMILES string of the molecule is C[C@H]1CCc2c(sc3nc(CN4CCOCC4)nc(NCCc4ccc5c(c4)OCCO5)c23)C1. The largest absolute Gasteiger partial charge is 0.486 e. The van der Waals surface area contributed by atoms with Gasteiger partial charge in [-0.15, -0.1) is 11.3 Å². The van der Waals surface area contributed by atoms with Gasteiger partial charge in [0.1, 0.15) is 29.7 Å². The van der Waals surface area contributed by atoms with Crippen molar-refractivity contribution in [2.45, 2.75) is 39.2 Å². The zero-order valence-corrected chi connectivity index (χ0v) is 20.6.